The third-order valence-corrected chi connectivity index (χ3v) is 5.87. The van der Waals surface area contributed by atoms with Crippen LogP contribution in [0.1, 0.15) is 18.6 Å². The average Bonchev–Trinajstić information content (AvgIpc) is 3.21. The summed E-state index contributed by atoms with van der Waals surface area (Å²) in [4.78, 5) is 2.38. The smallest absolute Gasteiger partial charge is 0.243 e. The molecule has 0 spiro atoms. The number of benzene rings is 1. The summed E-state index contributed by atoms with van der Waals surface area (Å²) in [5, 5.41) is 0. The van der Waals surface area contributed by atoms with Crippen molar-refractivity contribution in [1.29, 1.82) is 0 Å². The molecule has 2 heterocycles. The van der Waals surface area contributed by atoms with Gasteiger partial charge >= 0.3 is 0 Å². The lowest BCUT2D eigenvalue weighted by atomic mass is 10.3. The molecule has 5 nitrogen and oxygen atoms in total. The van der Waals surface area contributed by atoms with Crippen LogP contribution >= 0.6 is 0 Å². The molecule has 0 bridgehead atoms. The van der Waals surface area contributed by atoms with Crippen molar-refractivity contribution in [2.24, 2.45) is 0 Å². The Hall–Kier alpha value is -1.79. The Morgan fingerprint density at radius 1 is 1.14 bits per heavy atom. The molecule has 1 fully saturated rings. The summed E-state index contributed by atoms with van der Waals surface area (Å²) in [7, 11) is -1.38. The molecule has 3 rings (SSSR count). The van der Waals surface area contributed by atoms with Gasteiger partial charge in [0.05, 0.1) is 17.7 Å². The van der Waals surface area contributed by atoms with Crippen LogP contribution in [0.2, 0.25) is 0 Å². The fraction of sp³-hybridized carbons (Fsp3) is 0.375. The topological polar surface area (TPSA) is 53.8 Å². The molecule has 1 aliphatic rings. The van der Waals surface area contributed by atoms with Crippen molar-refractivity contribution in [2.75, 3.05) is 25.0 Å². The zero-order valence-corrected chi connectivity index (χ0v) is 13.4. The predicted octanol–water partition coefficient (Wildman–Crippen LogP) is 2.70. The van der Waals surface area contributed by atoms with E-state index < -0.39 is 10.0 Å². The van der Waals surface area contributed by atoms with Crippen molar-refractivity contribution in [1.82, 2.24) is 4.31 Å². The molecule has 0 saturated carbocycles. The van der Waals surface area contributed by atoms with E-state index in [4.69, 9.17) is 4.42 Å². The Bertz CT molecular complexity index is 702. The van der Waals surface area contributed by atoms with Crippen LogP contribution in [0.4, 0.5) is 5.69 Å². The van der Waals surface area contributed by atoms with Gasteiger partial charge in [0.2, 0.25) is 10.0 Å². The van der Waals surface area contributed by atoms with Gasteiger partial charge in [0, 0.05) is 25.8 Å². The molecule has 0 amide bonds. The van der Waals surface area contributed by atoms with Crippen LogP contribution in [-0.4, -0.2) is 32.9 Å². The van der Waals surface area contributed by atoms with E-state index in [9.17, 15) is 8.42 Å². The maximum absolute atomic E-state index is 12.5. The highest BCUT2D eigenvalue weighted by Crippen LogP contribution is 2.23. The van der Waals surface area contributed by atoms with E-state index in [1.807, 2.05) is 36.2 Å². The number of nitrogens with zero attached hydrogens (tertiary/aromatic N) is 2. The fourth-order valence-corrected chi connectivity index (χ4v) is 4.19. The highest BCUT2D eigenvalue weighted by molar-refractivity contribution is 7.89. The van der Waals surface area contributed by atoms with Crippen LogP contribution in [0, 0.1) is 0 Å². The lowest BCUT2D eigenvalue weighted by Crippen LogP contribution is -2.27. The van der Waals surface area contributed by atoms with Gasteiger partial charge in [0.25, 0.3) is 0 Å². The molecule has 6 heteroatoms. The summed E-state index contributed by atoms with van der Waals surface area (Å²) in [5.41, 5.74) is 0.955. The predicted molar refractivity (Wildman–Crippen MR) is 85.2 cm³/mol. The van der Waals surface area contributed by atoms with E-state index in [0.717, 1.165) is 24.3 Å². The summed E-state index contributed by atoms with van der Waals surface area (Å²) in [6.45, 7) is 1.90. The molecular weight excluding hydrogens is 300 g/mol. The second-order valence-electron chi connectivity index (χ2n) is 5.54. The molecule has 0 unspecified atom stereocenters. The van der Waals surface area contributed by atoms with Gasteiger partial charge in [-0.2, -0.15) is 4.31 Å². The maximum Gasteiger partial charge on any atom is 0.243 e. The SMILES string of the molecule is CN(Cc1ccco1)c1ccc(S(=O)(=O)N2CCCC2)cc1. The lowest BCUT2D eigenvalue weighted by Gasteiger charge is -2.19. The summed E-state index contributed by atoms with van der Waals surface area (Å²) in [5.74, 6) is 0.872. The van der Waals surface area contributed by atoms with E-state index in [0.29, 0.717) is 24.5 Å². The van der Waals surface area contributed by atoms with E-state index >= 15 is 0 Å². The standard InChI is InChI=1S/C16H20N2O3S/c1-17(13-15-5-4-12-21-15)14-6-8-16(9-7-14)22(19,20)18-10-2-3-11-18/h4-9,12H,2-3,10-11,13H2,1H3. The van der Waals surface area contributed by atoms with Crippen molar-refractivity contribution in [3.05, 3.63) is 48.4 Å². The molecule has 0 N–H and O–H groups in total. The first kappa shape index (κ1) is 15.1. The molecule has 1 aromatic heterocycles. The Kier molecular flexibility index (Phi) is 4.22. The van der Waals surface area contributed by atoms with Crippen LogP contribution < -0.4 is 4.90 Å². The van der Waals surface area contributed by atoms with Crippen LogP contribution in [0.15, 0.2) is 52.0 Å². The van der Waals surface area contributed by atoms with Crippen LogP contribution in [-0.2, 0) is 16.6 Å². The minimum atomic E-state index is -3.33. The Morgan fingerprint density at radius 2 is 1.82 bits per heavy atom. The van der Waals surface area contributed by atoms with Crippen molar-refractivity contribution >= 4 is 15.7 Å². The average molecular weight is 320 g/mol. The molecule has 118 valence electrons. The quantitative estimate of drug-likeness (QED) is 0.850. The Labute approximate surface area is 131 Å². The van der Waals surface area contributed by atoms with E-state index in [1.165, 1.54) is 0 Å². The molecule has 1 saturated heterocycles. The molecule has 0 atom stereocenters. The van der Waals surface area contributed by atoms with Gasteiger partial charge in [-0.1, -0.05) is 0 Å². The van der Waals surface area contributed by atoms with Crippen molar-refractivity contribution in [2.45, 2.75) is 24.3 Å². The van der Waals surface area contributed by atoms with Crippen molar-refractivity contribution in [3.63, 3.8) is 0 Å². The van der Waals surface area contributed by atoms with Crippen molar-refractivity contribution < 1.29 is 12.8 Å². The first-order chi connectivity index (χ1) is 10.6. The highest BCUT2D eigenvalue weighted by Gasteiger charge is 2.26. The molecule has 22 heavy (non-hydrogen) atoms. The van der Waals surface area contributed by atoms with Gasteiger partial charge in [-0.15, -0.1) is 0 Å². The summed E-state index contributed by atoms with van der Waals surface area (Å²) < 4.78 is 31.8. The Balaban J connectivity index is 1.74. The summed E-state index contributed by atoms with van der Waals surface area (Å²) in [6, 6.07) is 10.8. The Morgan fingerprint density at radius 3 is 2.41 bits per heavy atom. The lowest BCUT2D eigenvalue weighted by molar-refractivity contribution is 0.477. The fourth-order valence-electron chi connectivity index (χ4n) is 2.68. The molecule has 0 aliphatic carbocycles. The minimum Gasteiger partial charge on any atom is -0.467 e. The van der Waals surface area contributed by atoms with E-state index in [2.05, 4.69) is 0 Å². The molecule has 2 aromatic rings. The van der Waals surface area contributed by atoms with Gasteiger partial charge in [0.15, 0.2) is 0 Å². The van der Waals surface area contributed by atoms with Crippen LogP contribution in [0.5, 0.6) is 0 Å². The van der Waals surface area contributed by atoms with Gasteiger partial charge < -0.3 is 9.32 Å². The number of furan rings is 1. The van der Waals surface area contributed by atoms with Crippen LogP contribution in [0.3, 0.4) is 0 Å². The highest BCUT2D eigenvalue weighted by atomic mass is 32.2. The zero-order valence-electron chi connectivity index (χ0n) is 12.6. The number of sulfonamides is 1. The first-order valence-electron chi connectivity index (χ1n) is 7.41. The van der Waals surface area contributed by atoms with Gasteiger partial charge in [-0.25, -0.2) is 8.42 Å². The van der Waals surface area contributed by atoms with E-state index in [-0.39, 0.29) is 0 Å². The zero-order chi connectivity index (χ0) is 15.6. The number of hydrogen-bond acceptors (Lipinski definition) is 4. The monoisotopic (exact) mass is 320 g/mol. The van der Waals surface area contributed by atoms with Gasteiger partial charge in [-0.05, 0) is 49.2 Å². The van der Waals surface area contributed by atoms with E-state index in [1.54, 1.807) is 22.7 Å². The number of anilines is 1. The summed E-state index contributed by atoms with van der Waals surface area (Å²) >= 11 is 0. The maximum atomic E-state index is 12.5. The third-order valence-electron chi connectivity index (χ3n) is 3.95. The van der Waals surface area contributed by atoms with Crippen molar-refractivity contribution in [3.8, 4) is 0 Å². The number of hydrogen-bond donors (Lipinski definition) is 0. The molecular formula is C16H20N2O3S. The van der Waals surface area contributed by atoms with Crippen LogP contribution in [0.25, 0.3) is 0 Å². The molecule has 1 aromatic carbocycles. The van der Waals surface area contributed by atoms with Gasteiger partial charge in [-0.3, -0.25) is 0 Å². The molecule has 0 radical (unpaired) electrons. The largest absolute Gasteiger partial charge is 0.467 e. The first-order valence-corrected chi connectivity index (χ1v) is 8.85. The minimum absolute atomic E-state index is 0.365. The normalized spacial score (nSPS) is 16.0. The third kappa shape index (κ3) is 3.03. The second kappa shape index (κ2) is 6.14. The van der Waals surface area contributed by atoms with Gasteiger partial charge in [0.1, 0.15) is 5.76 Å². The molecule has 1 aliphatic heterocycles. The second-order valence-corrected chi connectivity index (χ2v) is 7.48. The summed E-state index contributed by atoms with van der Waals surface area (Å²) in [6.07, 6.45) is 3.54. The number of rotatable bonds is 5.